The summed E-state index contributed by atoms with van der Waals surface area (Å²) in [6.45, 7) is 6.12. The quantitative estimate of drug-likeness (QED) is 0.409. The zero-order chi connectivity index (χ0) is 20.5. The van der Waals surface area contributed by atoms with Crippen molar-refractivity contribution in [2.75, 3.05) is 20.1 Å². The van der Waals surface area contributed by atoms with Gasteiger partial charge in [0.15, 0.2) is 5.96 Å². The molecular formula is C23H32ClN5. The molecule has 1 saturated heterocycles. The Balaban J connectivity index is 1.50. The molecule has 5 nitrogen and oxygen atoms in total. The Morgan fingerprint density at radius 3 is 2.72 bits per heavy atom. The molecule has 0 saturated carbocycles. The molecule has 1 aliphatic heterocycles. The SMILES string of the molecule is CN=C(NCCc1ccc(Cl)nc1)NCc1ccccc1CN1CCCCC1C. The minimum Gasteiger partial charge on any atom is -0.356 e. The van der Waals surface area contributed by atoms with E-state index in [-0.39, 0.29) is 0 Å². The predicted octanol–water partition coefficient (Wildman–Crippen LogP) is 4.02. The van der Waals surface area contributed by atoms with E-state index in [1.165, 1.54) is 36.9 Å². The molecule has 156 valence electrons. The highest BCUT2D eigenvalue weighted by atomic mass is 35.5. The Labute approximate surface area is 179 Å². The van der Waals surface area contributed by atoms with Gasteiger partial charge in [-0.05, 0) is 55.5 Å². The van der Waals surface area contributed by atoms with Crippen molar-refractivity contribution >= 4 is 17.6 Å². The highest BCUT2D eigenvalue weighted by Crippen LogP contribution is 2.20. The predicted molar refractivity (Wildman–Crippen MR) is 121 cm³/mol. The van der Waals surface area contributed by atoms with Gasteiger partial charge in [0.25, 0.3) is 0 Å². The van der Waals surface area contributed by atoms with E-state index < -0.39 is 0 Å². The lowest BCUT2D eigenvalue weighted by molar-refractivity contribution is 0.152. The van der Waals surface area contributed by atoms with Crippen molar-refractivity contribution < 1.29 is 0 Å². The molecule has 0 radical (unpaired) electrons. The maximum atomic E-state index is 5.84. The summed E-state index contributed by atoms with van der Waals surface area (Å²) in [5.41, 5.74) is 3.88. The lowest BCUT2D eigenvalue weighted by atomic mass is 10.0. The van der Waals surface area contributed by atoms with Crippen LogP contribution in [0.4, 0.5) is 0 Å². The summed E-state index contributed by atoms with van der Waals surface area (Å²) in [7, 11) is 1.81. The van der Waals surface area contributed by atoms with E-state index in [4.69, 9.17) is 11.6 Å². The number of aromatic nitrogens is 1. The molecule has 0 bridgehead atoms. The molecule has 1 unspecified atom stereocenters. The van der Waals surface area contributed by atoms with Gasteiger partial charge in [0.1, 0.15) is 5.15 Å². The third-order valence-electron chi connectivity index (χ3n) is 5.60. The lowest BCUT2D eigenvalue weighted by Crippen LogP contribution is -2.39. The first-order valence-corrected chi connectivity index (χ1v) is 10.9. The van der Waals surface area contributed by atoms with Crippen molar-refractivity contribution in [3.05, 3.63) is 64.4 Å². The summed E-state index contributed by atoms with van der Waals surface area (Å²) in [5, 5.41) is 7.36. The molecule has 2 heterocycles. The fourth-order valence-corrected chi connectivity index (χ4v) is 3.89. The monoisotopic (exact) mass is 413 g/mol. The van der Waals surface area contributed by atoms with E-state index in [9.17, 15) is 0 Å². The van der Waals surface area contributed by atoms with Crippen LogP contribution >= 0.6 is 11.6 Å². The zero-order valence-electron chi connectivity index (χ0n) is 17.5. The van der Waals surface area contributed by atoms with Gasteiger partial charge in [0, 0.05) is 38.9 Å². The molecule has 1 aliphatic rings. The fraction of sp³-hybridized carbons (Fsp3) is 0.478. The molecule has 1 aromatic heterocycles. The van der Waals surface area contributed by atoms with Crippen LogP contribution in [0.25, 0.3) is 0 Å². The minimum atomic E-state index is 0.525. The van der Waals surface area contributed by atoms with Crippen LogP contribution < -0.4 is 10.6 Å². The Kier molecular flexibility index (Phi) is 8.32. The van der Waals surface area contributed by atoms with E-state index in [0.717, 1.165) is 37.6 Å². The average Bonchev–Trinajstić information content (AvgIpc) is 2.74. The van der Waals surface area contributed by atoms with Gasteiger partial charge >= 0.3 is 0 Å². The highest BCUT2D eigenvalue weighted by molar-refractivity contribution is 6.29. The van der Waals surface area contributed by atoms with Crippen LogP contribution in [0.2, 0.25) is 5.15 Å². The number of halogens is 1. The van der Waals surface area contributed by atoms with Crippen molar-refractivity contribution in [1.29, 1.82) is 0 Å². The van der Waals surface area contributed by atoms with Crippen molar-refractivity contribution in [3.8, 4) is 0 Å². The van der Waals surface area contributed by atoms with Gasteiger partial charge in [-0.25, -0.2) is 4.98 Å². The number of piperidine rings is 1. The van der Waals surface area contributed by atoms with Crippen molar-refractivity contribution in [2.45, 2.75) is 51.7 Å². The molecule has 3 rings (SSSR count). The highest BCUT2D eigenvalue weighted by Gasteiger charge is 2.19. The average molecular weight is 414 g/mol. The number of nitrogens with one attached hydrogen (secondary N) is 2. The molecule has 29 heavy (non-hydrogen) atoms. The largest absolute Gasteiger partial charge is 0.356 e. The summed E-state index contributed by atoms with van der Waals surface area (Å²) in [4.78, 5) is 11.1. The van der Waals surface area contributed by atoms with E-state index in [1.54, 1.807) is 7.05 Å². The van der Waals surface area contributed by atoms with Crippen molar-refractivity contribution in [3.63, 3.8) is 0 Å². The number of nitrogens with zero attached hydrogens (tertiary/aromatic N) is 3. The Morgan fingerprint density at radius 1 is 1.17 bits per heavy atom. The number of likely N-dealkylation sites (tertiary alicyclic amines) is 1. The van der Waals surface area contributed by atoms with Gasteiger partial charge in [0.05, 0.1) is 0 Å². The second kappa shape index (κ2) is 11.2. The van der Waals surface area contributed by atoms with Gasteiger partial charge in [0.2, 0.25) is 0 Å². The fourth-order valence-electron chi connectivity index (χ4n) is 3.77. The van der Waals surface area contributed by atoms with Crippen LogP contribution in [-0.2, 0) is 19.5 Å². The number of pyridine rings is 1. The summed E-state index contributed by atoms with van der Waals surface area (Å²) in [6.07, 6.45) is 6.66. The van der Waals surface area contributed by atoms with Crippen LogP contribution in [0.1, 0.15) is 42.9 Å². The molecule has 0 spiro atoms. The molecule has 0 amide bonds. The minimum absolute atomic E-state index is 0.525. The van der Waals surface area contributed by atoms with Crippen LogP contribution in [0.15, 0.2) is 47.6 Å². The first-order chi connectivity index (χ1) is 14.2. The third-order valence-corrected chi connectivity index (χ3v) is 5.82. The molecule has 0 aliphatic carbocycles. The molecular weight excluding hydrogens is 382 g/mol. The van der Waals surface area contributed by atoms with Crippen LogP contribution in [0, 0.1) is 0 Å². The molecule has 6 heteroatoms. The topological polar surface area (TPSA) is 52.6 Å². The van der Waals surface area contributed by atoms with Crippen LogP contribution in [0.5, 0.6) is 0 Å². The van der Waals surface area contributed by atoms with Gasteiger partial charge in [-0.1, -0.05) is 48.4 Å². The first-order valence-electron chi connectivity index (χ1n) is 10.5. The summed E-state index contributed by atoms with van der Waals surface area (Å²) < 4.78 is 0. The Bertz CT molecular complexity index is 790. The van der Waals surface area contributed by atoms with Crippen LogP contribution in [-0.4, -0.2) is 42.0 Å². The number of hydrogen-bond acceptors (Lipinski definition) is 3. The second-order valence-corrected chi connectivity index (χ2v) is 8.06. The normalized spacial score (nSPS) is 17.9. The Hall–Kier alpha value is -2.11. The van der Waals surface area contributed by atoms with Crippen molar-refractivity contribution in [1.82, 2.24) is 20.5 Å². The van der Waals surface area contributed by atoms with Gasteiger partial charge in [-0.3, -0.25) is 9.89 Å². The number of rotatable bonds is 7. The molecule has 2 aromatic rings. The molecule has 2 N–H and O–H groups in total. The van der Waals surface area contributed by atoms with Gasteiger partial charge in [-0.15, -0.1) is 0 Å². The maximum Gasteiger partial charge on any atom is 0.191 e. The van der Waals surface area contributed by atoms with Crippen molar-refractivity contribution in [2.24, 2.45) is 4.99 Å². The third kappa shape index (κ3) is 6.72. The lowest BCUT2D eigenvalue weighted by Gasteiger charge is -2.33. The van der Waals surface area contributed by atoms with E-state index in [2.05, 4.69) is 56.7 Å². The van der Waals surface area contributed by atoms with Gasteiger partial charge in [-0.2, -0.15) is 0 Å². The standard InChI is InChI=1S/C23H32ClN5/c1-18-7-5-6-14-29(18)17-21-9-4-3-8-20(21)16-28-23(25-2)26-13-12-19-10-11-22(24)27-15-19/h3-4,8-11,15,18H,5-7,12-14,16-17H2,1-2H3,(H2,25,26,28). The number of aliphatic imine (C=N–C) groups is 1. The maximum absolute atomic E-state index is 5.84. The molecule has 1 fully saturated rings. The van der Waals surface area contributed by atoms with E-state index >= 15 is 0 Å². The molecule has 1 aromatic carbocycles. The van der Waals surface area contributed by atoms with Crippen LogP contribution in [0.3, 0.4) is 0 Å². The summed E-state index contributed by atoms with van der Waals surface area (Å²) in [6, 6.07) is 13.2. The summed E-state index contributed by atoms with van der Waals surface area (Å²) >= 11 is 5.84. The van der Waals surface area contributed by atoms with Gasteiger partial charge < -0.3 is 10.6 Å². The zero-order valence-corrected chi connectivity index (χ0v) is 18.3. The second-order valence-electron chi connectivity index (χ2n) is 7.68. The smallest absolute Gasteiger partial charge is 0.191 e. The summed E-state index contributed by atoms with van der Waals surface area (Å²) in [5.74, 6) is 0.813. The van der Waals surface area contributed by atoms with E-state index in [1.807, 2.05) is 18.3 Å². The number of benzene rings is 1. The van der Waals surface area contributed by atoms with E-state index in [0.29, 0.717) is 11.2 Å². The molecule has 1 atom stereocenters. The number of guanidine groups is 1. The Morgan fingerprint density at radius 2 is 2.00 bits per heavy atom. The number of hydrogen-bond donors (Lipinski definition) is 2. The first kappa shape index (κ1) is 21.6.